The van der Waals surface area contributed by atoms with E-state index in [-0.39, 0.29) is 17.4 Å². The van der Waals surface area contributed by atoms with Gasteiger partial charge in [-0.2, -0.15) is 0 Å². The lowest BCUT2D eigenvalue weighted by atomic mass is 9.89. The van der Waals surface area contributed by atoms with E-state index in [1.54, 1.807) is 0 Å². The van der Waals surface area contributed by atoms with Crippen LogP contribution in [0, 0.1) is 0 Å². The number of aliphatic carboxylic acids is 1. The maximum Gasteiger partial charge on any atom is 0.320 e. The first-order chi connectivity index (χ1) is 4.65. The molecule has 0 unspecified atom stereocenters. The number of rotatable bonds is 1. The normalized spacial score (nSPS) is 21.9. The Bertz CT molecular complexity index is 143. The highest BCUT2D eigenvalue weighted by Crippen LogP contribution is 2.35. The molecule has 1 saturated carbocycles. The first-order valence-corrected chi connectivity index (χ1v) is 4.37. The number of carboxylic acids is 1. The molecular formula is C7H14AlBrO2. The van der Waals surface area contributed by atoms with Crippen LogP contribution in [0.1, 0.15) is 32.1 Å². The predicted molar refractivity (Wildman–Crippen MR) is 52.3 cm³/mol. The van der Waals surface area contributed by atoms with Gasteiger partial charge in [-0.3, -0.25) is 4.79 Å². The number of alkyl halides is 1. The van der Waals surface area contributed by atoms with Crippen LogP contribution >= 0.6 is 15.9 Å². The SMILES string of the molecule is O=C(O)C1(Br)CCCCC1.[AlH3]. The molecule has 11 heavy (non-hydrogen) atoms. The summed E-state index contributed by atoms with van der Waals surface area (Å²) in [5.74, 6) is -0.702. The van der Waals surface area contributed by atoms with Crippen LogP contribution in [0.15, 0.2) is 0 Å². The van der Waals surface area contributed by atoms with Gasteiger partial charge in [-0.1, -0.05) is 35.2 Å². The molecule has 0 saturated heterocycles. The Balaban J connectivity index is 0.000001000. The van der Waals surface area contributed by atoms with Crippen LogP contribution in [0.5, 0.6) is 0 Å². The summed E-state index contributed by atoms with van der Waals surface area (Å²) in [5.41, 5.74) is 0. The molecule has 0 spiro atoms. The van der Waals surface area contributed by atoms with Crippen LogP contribution in [0.3, 0.4) is 0 Å². The molecule has 1 aliphatic rings. The van der Waals surface area contributed by atoms with Crippen molar-refractivity contribution in [3.63, 3.8) is 0 Å². The van der Waals surface area contributed by atoms with Gasteiger partial charge in [-0.25, -0.2) is 0 Å². The predicted octanol–water partition coefficient (Wildman–Crippen LogP) is 0.985. The highest BCUT2D eigenvalue weighted by molar-refractivity contribution is 9.10. The van der Waals surface area contributed by atoms with E-state index in [0.717, 1.165) is 25.7 Å². The minimum absolute atomic E-state index is 0. The minimum atomic E-state index is -0.702. The van der Waals surface area contributed by atoms with Crippen molar-refractivity contribution >= 4 is 39.3 Å². The molecule has 1 aliphatic carbocycles. The molecule has 0 aromatic carbocycles. The molecule has 0 heterocycles. The van der Waals surface area contributed by atoms with Crippen molar-refractivity contribution in [1.29, 1.82) is 0 Å². The highest BCUT2D eigenvalue weighted by atomic mass is 79.9. The number of carbonyl (C=O) groups is 1. The van der Waals surface area contributed by atoms with Gasteiger partial charge >= 0.3 is 5.97 Å². The van der Waals surface area contributed by atoms with Crippen molar-refractivity contribution in [2.45, 2.75) is 36.4 Å². The van der Waals surface area contributed by atoms with E-state index >= 15 is 0 Å². The summed E-state index contributed by atoms with van der Waals surface area (Å²) in [7, 11) is 0. The number of halogens is 1. The smallest absolute Gasteiger partial charge is 0.320 e. The van der Waals surface area contributed by atoms with Gasteiger partial charge in [-0.15, -0.1) is 0 Å². The molecule has 1 fully saturated rings. The summed E-state index contributed by atoms with van der Waals surface area (Å²) < 4.78 is -0.592. The molecule has 1 N–H and O–H groups in total. The first kappa shape index (κ1) is 11.5. The molecule has 0 amide bonds. The third-order valence-corrected chi connectivity index (χ3v) is 3.16. The quantitative estimate of drug-likeness (QED) is 0.545. The Morgan fingerprint density at radius 2 is 1.73 bits per heavy atom. The second-order valence-corrected chi connectivity index (χ2v) is 4.35. The van der Waals surface area contributed by atoms with Gasteiger partial charge in [0.25, 0.3) is 0 Å². The highest BCUT2D eigenvalue weighted by Gasteiger charge is 2.36. The third-order valence-electron chi connectivity index (χ3n) is 2.03. The zero-order valence-corrected chi connectivity index (χ0v) is 7.35. The number of hydrogen-bond donors (Lipinski definition) is 1. The third kappa shape index (κ3) is 2.78. The van der Waals surface area contributed by atoms with E-state index in [9.17, 15) is 4.79 Å². The van der Waals surface area contributed by atoms with Crippen molar-refractivity contribution in [3.05, 3.63) is 0 Å². The lowest BCUT2D eigenvalue weighted by Crippen LogP contribution is -2.33. The molecule has 0 atom stereocenters. The van der Waals surface area contributed by atoms with Crippen molar-refractivity contribution < 1.29 is 9.90 Å². The monoisotopic (exact) mass is 236 g/mol. The van der Waals surface area contributed by atoms with Crippen LogP contribution in [0.2, 0.25) is 0 Å². The Morgan fingerprint density at radius 1 is 1.27 bits per heavy atom. The lowest BCUT2D eigenvalue weighted by Gasteiger charge is -2.26. The maximum atomic E-state index is 10.6. The van der Waals surface area contributed by atoms with Crippen LogP contribution < -0.4 is 0 Å². The topological polar surface area (TPSA) is 37.3 Å². The molecule has 0 bridgehead atoms. The Labute approximate surface area is 85.6 Å². The van der Waals surface area contributed by atoms with E-state index in [0.29, 0.717) is 0 Å². The Hall–Kier alpha value is 0.482. The molecule has 0 aromatic heterocycles. The van der Waals surface area contributed by atoms with E-state index in [4.69, 9.17) is 5.11 Å². The fraction of sp³-hybridized carbons (Fsp3) is 0.857. The molecule has 0 aliphatic heterocycles. The standard InChI is InChI=1S/C7H11BrO2.Al.3H/c8-7(6(9)10)4-2-1-3-5-7;;;;/h1-5H2,(H,9,10);;;;. The van der Waals surface area contributed by atoms with Gasteiger partial charge in [0.15, 0.2) is 17.4 Å². The van der Waals surface area contributed by atoms with Gasteiger partial charge in [0.05, 0.1) is 0 Å². The minimum Gasteiger partial charge on any atom is -0.480 e. The van der Waals surface area contributed by atoms with Crippen LogP contribution in [-0.2, 0) is 4.79 Å². The lowest BCUT2D eigenvalue weighted by molar-refractivity contribution is -0.140. The molecular weight excluding hydrogens is 223 g/mol. The average molecular weight is 237 g/mol. The zero-order chi connectivity index (χ0) is 7.61. The summed E-state index contributed by atoms with van der Waals surface area (Å²) in [6, 6.07) is 0. The molecule has 0 aromatic rings. The second-order valence-electron chi connectivity index (χ2n) is 2.83. The fourth-order valence-electron chi connectivity index (χ4n) is 1.33. The fourth-order valence-corrected chi connectivity index (χ4v) is 1.89. The number of carboxylic acid groups (broad SMARTS) is 1. The first-order valence-electron chi connectivity index (χ1n) is 3.57. The number of hydrogen-bond acceptors (Lipinski definition) is 1. The van der Waals surface area contributed by atoms with Gasteiger partial charge in [-0.05, 0) is 12.8 Å². The zero-order valence-electron chi connectivity index (χ0n) is 5.77. The maximum absolute atomic E-state index is 10.6. The van der Waals surface area contributed by atoms with E-state index < -0.39 is 10.3 Å². The van der Waals surface area contributed by atoms with Crippen molar-refractivity contribution in [1.82, 2.24) is 0 Å². The molecule has 64 valence electrons. The Kier molecular flexibility index (Phi) is 4.69. The van der Waals surface area contributed by atoms with Gasteiger partial charge in [0.2, 0.25) is 0 Å². The summed E-state index contributed by atoms with van der Waals surface area (Å²) >= 11 is 3.26. The van der Waals surface area contributed by atoms with Crippen molar-refractivity contribution in [2.24, 2.45) is 0 Å². The molecule has 0 radical (unpaired) electrons. The molecule has 4 heteroatoms. The van der Waals surface area contributed by atoms with Crippen LogP contribution in [-0.4, -0.2) is 32.8 Å². The molecule has 1 rings (SSSR count). The van der Waals surface area contributed by atoms with E-state index in [1.165, 1.54) is 6.42 Å². The Morgan fingerprint density at radius 3 is 2.00 bits per heavy atom. The van der Waals surface area contributed by atoms with E-state index in [2.05, 4.69) is 15.9 Å². The van der Waals surface area contributed by atoms with Gasteiger partial charge < -0.3 is 5.11 Å². The summed E-state index contributed by atoms with van der Waals surface area (Å²) in [6.45, 7) is 0. The van der Waals surface area contributed by atoms with E-state index in [1.807, 2.05) is 0 Å². The summed E-state index contributed by atoms with van der Waals surface area (Å²) in [5, 5.41) is 8.75. The van der Waals surface area contributed by atoms with Crippen molar-refractivity contribution in [2.75, 3.05) is 0 Å². The van der Waals surface area contributed by atoms with Crippen LogP contribution in [0.25, 0.3) is 0 Å². The van der Waals surface area contributed by atoms with Crippen molar-refractivity contribution in [3.8, 4) is 0 Å². The summed E-state index contributed by atoms with van der Waals surface area (Å²) in [4.78, 5) is 10.6. The summed E-state index contributed by atoms with van der Waals surface area (Å²) in [6.07, 6.45) is 4.82. The van der Waals surface area contributed by atoms with Gasteiger partial charge in [0, 0.05) is 0 Å². The average Bonchev–Trinajstić information content (AvgIpc) is 1.89. The van der Waals surface area contributed by atoms with Crippen LogP contribution in [0.4, 0.5) is 0 Å². The molecule has 2 nitrogen and oxygen atoms in total. The van der Waals surface area contributed by atoms with Gasteiger partial charge in [0.1, 0.15) is 4.32 Å². The second kappa shape index (κ2) is 4.49. The largest absolute Gasteiger partial charge is 0.480 e.